The maximum Gasteiger partial charge on any atom is 0.236 e. The molecule has 0 aromatic rings. The summed E-state index contributed by atoms with van der Waals surface area (Å²) in [6.45, 7) is 4.03. The lowest BCUT2D eigenvalue weighted by Gasteiger charge is -2.11. The van der Waals surface area contributed by atoms with E-state index < -0.39 is 0 Å². The molecule has 0 heterocycles. The van der Waals surface area contributed by atoms with Crippen LogP contribution in [0.4, 0.5) is 0 Å². The summed E-state index contributed by atoms with van der Waals surface area (Å²) in [5.74, 6) is 0.718. The fourth-order valence-electron chi connectivity index (χ4n) is 1.35. The number of nitrogens with one attached hydrogen (secondary N) is 1. The second-order valence-corrected chi connectivity index (χ2v) is 4.20. The molecule has 0 radical (unpaired) electrons. The summed E-state index contributed by atoms with van der Waals surface area (Å²) in [7, 11) is 0. The molecular weight excluding hydrogens is 192 g/mol. The van der Waals surface area contributed by atoms with E-state index in [0.29, 0.717) is 13.2 Å². The highest BCUT2D eigenvalue weighted by Gasteiger charge is 2.20. The number of carbonyl (C=O) groups excluding carboxylic acids is 1. The summed E-state index contributed by atoms with van der Waals surface area (Å²) >= 11 is 0. The molecule has 15 heavy (non-hydrogen) atoms. The van der Waals surface area contributed by atoms with Gasteiger partial charge in [-0.1, -0.05) is 13.3 Å². The molecule has 4 nitrogen and oxygen atoms in total. The van der Waals surface area contributed by atoms with E-state index in [-0.39, 0.29) is 11.9 Å². The van der Waals surface area contributed by atoms with Gasteiger partial charge in [0.15, 0.2) is 0 Å². The molecule has 4 heteroatoms. The Morgan fingerprint density at radius 3 is 2.93 bits per heavy atom. The Kier molecular flexibility index (Phi) is 5.65. The van der Waals surface area contributed by atoms with Gasteiger partial charge in [0.25, 0.3) is 0 Å². The smallest absolute Gasteiger partial charge is 0.236 e. The summed E-state index contributed by atoms with van der Waals surface area (Å²) in [6.07, 6.45) is 4.28. The van der Waals surface area contributed by atoms with Gasteiger partial charge in [0, 0.05) is 13.2 Å². The molecule has 1 aliphatic carbocycles. The molecule has 1 saturated carbocycles. The number of amides is 1. The van der Waals surface area contributed by atoms with Gasteiger partial charge in [-0.15, -0.1) is 0 Å². The summed E-state index contributed by atoms with van der Waals surface area (Å²) in [4.78, 5) is 11.4. The van der Waals surface area contributed by atoms with Crippen LogP contribution in [0.25, 0.3) is 0 Å². The van der Waals surface area contributed by atoms with Crippen LogP contribution in [-0.4, -0.2) is 31.7 Å². The third-order valence-electron chi connectivity index (χ3n) is 2.53. The van der Waals surface area contributed by atoms with E-state index in [1.165, 1.54) is 12.8 Å². The fourth-order valence-corrected chi connectivity index (χ4v) is 1.35. The van der Waals surface area contributed by atoms with Crippen LogP contribution in [0.2, 0.25) is 0 Å². The Morgan fingerprint density at radius 2 is 2.33 bits per heavy atom. The van der Waals surface area contributed by atoms with Crippen LogP contribution < -0.4 is 11.1 Å². The van der Waals surface area contributed by atoms with Gasteiger partial charge in [-0.05, 0) is 25.2 Å². The van der Waals surface area contributed by atoms with Gasteiger partial charge >= 0.3 is 0 Å². The lowest BCUT2D eigenvalue weighted by Crippen LogP contribution is -2.41. The zero-order valence-electron chi connectivity index (χ0n) is 9.50. The summed E-state index contributed by atoms with van der Waals surface area (Å²) in [6, 6.07) is -0.363. The van der Waals surface area contributed by atoms with Crippen molar-refractivity contribution in [2.24, 2.45) is 11.7 Å². The first-order valence-electron chi connectivity index (χ1n) is 5.85. The first-order valence-corrected chi connectivity index (χ1v) is 5.85. The van der Waals surface area contributed by atoms with Crippen LogP contribution in [0.5, 0.6) is 0 Å². The van der Waals surface area contributed by atoms with E-state index in [2.05, 4.69) is 5.32 Å². The van der Waals surface area contributed by atoms with Crippen molar-refractivity contribution in [3.05, 3.63) is 0 Å². The van der Waals surface area contributed by atoms with Crippen molar-refractivity contribution in [3.63, 3.8) is 0 Å². The van der Waals surface area contributed by atoms with Crippen LogP contribution in [0.15, 0.2) is 0 Å². The molecule has 3 N–H and O–H groups in total. The van der Waals surface area contributed by atoms with Crippen LogP contribution in [0.3, 0.4) is 0 Å². The highest BCUT2D eigenvalue weighted by molar-refractivity contribution is 5.81. The highest BCUT2D eigenvalue weighted by Crippen LogP contribution is 2.28. The van der Waals surface area contributed by atoms with E-state index in [1.54, 1.807) is 0 Å². The second-order valence-electron chi connectivity index (χ2n) is 4.20. The molecular formula is C11H22N2O2. The topological polar surface area (TPSA) is 64.4 Å². The zero-order chi connectivity index (χ0) is 11.1. The molecule has 0 aromatic heterocycles. The van der Waals surface area contributed by atoms with Gasteiger partial charge in [0.2, 0.25) is 5.91 Å². The van der Waals surface area contributed by atoms with Crippen LogP contribution in [0.1, 0.15) is 32.6 Å². The lowest BCUT2D eigenvalue weighted by atomic mass is 10.2. The Balaban J connectivity index is 1.90. The molecule has 0 aliphatic heterocycles. The molecule has 88 valence electrons. The Hall–Kier alpha value is -0.610. The normalized spacial score (nSPS) is 17.5. The van der Waals surface area contributed by atoms with Gasteiger partial charge < -0.3 is 15.8 Å². The van der Waals surface area contributed by atoms with E-state index in [9.17, 15) is 4.79 Å². The minimum atomic E-state index is -0.363. The first-order chi connectivity index (χ1) is 7.24. The van der Waals surface area contributed by atoms with Crippen molar-refractivity contribution >= 4 is 5.91 Å². The highest BCUT2D eigenvalue weighted by atomic mass is 16.5. The maximum atomic E-state index is 11.4. The molecule has 1 atom stereocenters. The standard InChI is InChI=1S/C11H22N2O2/c1-2-3-10(12)11(14)13-6-7-15-8-9-4-5-9/h9-10H,2-8,12H2,1H3,(H,13,14). The number of nitrogens with two attached hydrogens (primary N) is 1. The van der Waals surface area contributed by atoms with Gasteiger partial charge in [0.1, 0.15) is 0 Å². The Labute approximate surface area is 91.5 Å². The summed E-state index contributed by atoms with van der Waals surface area (Å²) in [5.41, 5.74) is 5.65. The number of carbonyl (C=O) groups is 1. The average Bonchev–Trinajstić information content (AvgIpc) is 3.01. The van der Waals surface area contributed by atoms with Gasteiger partial charge in [-0.25, -0.2) is 0 Å². The molecule has 0 bridgehead atoms. The zero-order valence-corrected chi connectivity index (χ0v) is 9.50. The predicted molar refractivity (Wildman–Crippen MR) is 59.4 cm³/mol. The SMILES string of the molecule is CCCC(N)C(=O)NCCOCC1CC1. The van der Waals surface area contributed by atoms with Crippen molar-refractivity contribution in [1.82, 2.24) is 5.32 Å². The maximum absolute atomic E-state index is 11.4. The summed E-state index contributed by atoms with van der Waals surface area (Å²) in [5, 5.41) is 2.77. The van der Waals surface area contributed by atoms with E-state index in [4.69, 9.17) is 10.5 Å². The largest absolute Gasteiger partial charge is 0.379 e. The van der Waals surface area contributed by atoms with Crippen molar-refractivity contribution < 1.29 is 9.53 Å². The number of hydrogen-bond donors (Lipinski definition) is 2. The van der Waals surface area contributed by atoms with E-state index in [0.717, 1.165) is 25.4 Å². The van der Waals surface area contributed by atoms with Crippen molar-refractivity contribution in [3.8, 4) is 0 Å². The molecule has 0 saturated heterocycles. The molecule has 1 aliphatic rings. The van der Waals surface area contributed by atoms with Crippen molar-refractivity contribution in [2.45, 2.75) is 38.6 Å². The third-order valence-corrected chi connectivity index (χ3v) is 2.53. The van der Waals surface area contributed by atoms with Crippen LogP contribution >= 0.6 is 0 Å². The second kappa shape index (κ2) is 6.80. The fraction of sp³-hybridized carbons (Fsp3) is 0.909. The molecule has 1 fully saturated rings. The van der Waals surface area contributed by atoms with E-state index >= 15 is 0 Å². The average molecular weight is 214 g/mol. The monoisotopic (exact) mass is 214 g/mol. The minimum Gasteiger partial charge on any atom is -0.379 e. The Morgan fingerprint density at radius 1 is 1.60 bits per heavy atom. The van der Waals surface area contributed by atoms with Gasteiger partial charge in [-0.2, -0.15) is 0 Å². The van der Waals surface area contributed by atoms with E-state index in [1.807, 2.05) is 6.92 Å². The molecule has 1 rings (SSSR count). The van der Waals surface area contributed by atoms with Crippen molar-refractivity contribution in [1.29, 1.82) is 0 Å². The molecule has 0 aromatic carbocycles. The lowest BCUT2D eigenvalue weighted by molar-refractivity contribution is -0.122. The Bertz CT molecular complexity index is 193. The van der Waals surface area contributed by atoms with Crippen LogP contribution in [0, 0.1) is 5.92 Å². The quantitative estimate of drug-likeness (QED) is 0.583. The molecule has 1 amide bonds. The van der Waals surface area contributed by atoms with Gasteiger partial charge in [-0.3, -0.25) is 4.79 Å². The number of ether oxygens (including phenoxy) is 1. The minimum absolute atomic E-state index is 0.0631. The number of rotatable bonds is 8. The first kappa shape index (κ1) is 12.5. The van der Waals surface area contributed by atoms with Gasteiger partial charge in [0.05, 0.1) is 12.6 Å². The van der Waals surface area contributed by atoms with Crippen LogP contribution in [-0.2, 0) is 9.53 Å². The predicted octanol–water partition coefficient (Wildman–Crippen LogP) is 0.657. The van der Waals surface area contributed by atoms with Crippen molar-refractivity contribution in [2.75, 3.05) is 19.8 Å². The number of hydrogen-bond acceptors (Lipinski definition) is 3. The molecule has 1 unspecified atom stereocenters. The summed E-state index contributed by atoms with van der Waals surface area (Å²) < 4.78 is 5.39. The third kappa shape index (κ3) is 5.74. The molecule has 0 spiro atoms.